The molecule has 132 valence electrons. The minimum Gasteiger partial charge on any atom is -0.461 e. The van der Waals surface area contributed by atoms with Gasteiger partial charge in [-0.15, -0.1) is 24.0 Å². The molecule has 4 N–H and O–H groups in total. The lowest BCUT2D eigenvalue weighted by Crippen LogP contribution is -2.23. The van der Waals surface area contributed by atoms with Crippen LogP contribution in [0.5, 0.6) is 0 Å². The molecule has 0 aliphatic rings. The number of nitrogens with zero attached hydrogens (tertiary/aromatic N) is 3. The number of guanidine groups is 1. The molecule has 0 radical (unpaired) electrons. The summed E-state index contributed by atoms with van der Waals surface area (Å²) in [5.74, 6) is 2.30. The second-order valence-electron chi connectivity index (χ2n) is 5.52. The number of anilines is 1. The Morgan fingerprint density at radius 3 is 2.84 bits per heavy atom. The average Bonchev–Trinajstić information content (AvgIpc) is 3.22. The highest BCUT2D eigenvalue weighted by molar-refractivity contribution is 14.0. The molecular formula is C17H21IN6O. The predicted octanol–water partition coefficient (Wildman–Crippen LogP) is 3.27. The smallest absolute Gasteiger partial charge is 0.216 e. The lowest BCUT2D eigenvalue weighted by molar-refractivity contribution is 0.577. The Bertz CT molecular complexity index is 841. The van der Waals surface area contributed by atoms with Gasteiger partial charge in [0.1, 0.15) is 5.82 Å². The van der Waals surface area contributed by atoms with Crippen molar-refractivity contribution in [2.75, 3.05) is 11.9 Å². The Morgan fingerprint density at radius 2 is 2.12 bits per heavy atom. The molecule has 1 aromatic carbocycles. The molecule has 3 aromatic rings. The van der Waals surface area contributed by atoms with Crippen LogP contribution >= 0.6 is 24.0 Å². The Balaban J connectivity index is 0.00000225. The number of nitrogens with one attached hydrogen (secondary N) is 2. The lowest BCUT2D eigenvalue weighted by Gasteiger charge is -2.07. The standard InChI is InChI=1S/C17H20N6O.HI/c1-11-5-6-13(10-12(11)2)20-17(18)19-8-7-15-21-16(23-22-15)14-4-3-9-24-14;/h3-6,9-10H,7-8H2,1-2H3,(H3,18,19,20)(H,21,22,23);1H. The van der Waals surface area contributed by atoms with Gasteiger partial charge in [0.05, 0.1) is 6.26 Å². The van der Waals surface area contributed by atoms with Gasteiger partial charge in [-0.05, 0) is 49.2 Å². The van der Waals surface area contributed by atoms with Gasteiger partial charge in [0.15, 0.2) is 11.7 Å². The number of aromatic nitrogens is 3. The highest BCUT2D eigenvalue weighted by atomic mass is 127. The van der Waals surface area contributed by atoms with E-state index in [0.29, 0.717) is 30.5 Å². The number of nitrogens with two attached hydrogens (primary N) is 1. The maximum absolute atomic E-state index is 5.92. The van der Waals surface area contributed by atoms with Crippen molar-refractivity contribution < 1.29 is 4.42 Å². The number of aromatic amines is 1. The van der Waals surface area contributed by atoms with Gasteiger partial charge in [0.2, 0.25) is 5.82 Å². The molecule has 25 heavy (non-hydrogen) atoms. The zero-order valence-corrected chi connectivity index (χ0v) is 16.4. The third-order valence-electron chi connectivity index (χ3n) is 3.68. The van der Waals surface area contributed by atoms with Crippen LogP contribution in [-0.2, 0) is 6.42 Å². The van der Waals surface area contributed by atoms with E-state index in [4.69, 9.17) is 10.2 Å². The van der Waals surface area contributed by atoms with E-state index in [9.17, 15) is 0 Å². The Kier molecular flexibility index (Phi) is 6.57. The fraction of sp³-hybridized carbons (Fsp3) is 0.235. The first-order valence-corrected chi connectivity index (χ1v) is 7.71. The molecule has 0 saturated heterocycles. The maximum atomic E-state index is 5.92. The summed E-state index contributed by atoms with van der Waals surface area (Å²) in [5, 5.41) is 10.1. The lowest BCUT2D eigenvalue weighted by atomic mass is 10.1. The van der Waals surface area contributed by atoms with Crippen LogP contribution in [0, 0.1) is 13.8 Å². The molecule has 0 atom stereocenters. The first-order valence-electron chi connectivity index (χ1n) is 7.71. The van der Waals surface area contributed by atoms with Crippen LogP contribution < -0.4 is 11.1 Å². The molecule has 7 nitrogen and oxygen atoms in total. The fourth-order valence-corrected chi connectivity index (χ4v) is 2.21. The van der Waals surface area contributed by atoms with Crippen LogP contribution in [0.2, 0.25) is 0 Å². The van der Waals surface area contributed by atoms with Gasteiger partial charge in [-0.1, -0.05) is 6.07 Å². The summed E-state index contributed by atoms with van der Waals surface area (Å²) in [4.78, 5) is 8.67. The van der Waals surface area contributed by atoms with E-state index >= 15 is 0 Å². The number of halogens is 1. The van der Waals surface area contributed by atoms with Gasteiger partial charge in [0.25, 0.3) is 0 Å². The van der Waals surface area contributed by atoms with E-state index in [1.54, 1.807) is 12.3 Å². The van der Waals surface area contributed by atoms with Crippen LogP contribution in [0.3, 0.4) is 0 Å². The quantitative estimate of drug-likeness (QED) is 0.313. The number of benzene rings is 1. The third kappa shape index (κ3) is 5.05. The maximum Gasteiger partial charge on any atom is 0.216 e. The van der Waals surface area contributed by atoms with E-state index in [1.807, 2.05) is 18.2 Å². The summed E-state index contributed by atoms with van der Waals surface area (Å²) < 4.78 is 5.26. The molecule has 0 fully saturated rings. The minimum atomic E-state index is 0. The number of H-pyrrole nitrogens is 1. The zero-order valence-electron chi connectivity index (χ0n) is 14.1. The topological polar surface area (TPSA) is 105 Å². The van der Waals surface area contributed by atoms with Gasteiger partial charge >= 0.3 is 0 Å². The summed E-state index contributed by atoms with van der Waals surface area (Å²) in [7, 11) is 0. The summed E-state index contributed by atoms with van der Waals surface area (Å²) in [5.41, 5.74) is 9.30. The number of furan rings is 1. The van der Waals surface area contributed by atoms with Crippen molar-refractivity contribution in [3.8, 4) is 11.6 Å². The molecule has 0 bridgehead atoms. The van der Waals surface area contributed by atoms with E-state index in [-0.39, 0.29) is 24.0 Å². The third-order valence-corrected chi connectivity index (χ3v) is 3.68. The van der Waals surface area contributed by atoms with Gasteiger partial charge < -0.3 is 15.5 Å². The van der Waals surface area contributed by atoms with Crippen molar-refractivity contribution in [1.29, 1.82) is 0 Å². The fourth-order valence-electron chi connectivity index (χ4n) is 2.21. The molecule has 3 rings (SSSR count). The van der Waals surface area contributed by atoms with Crippen molar-refractivity contribution in [3.63, 3.8) is 0 Å². The normalized spacial score (nSPS) is 11.2. The monoisotopic (exact) mass is 452 g/mol. The van der Waals surface area contributed by atoms with Crippen LogP contribution in [0.1, 0.15) is 17.0 Å². The molecule has 0 amide bonds. The van der Waals surface area contributed by atoms with Gasteiger partial charge in [-0.25, -0.2) is 4.98 Å². The molecular weight excluding hydrogens is 431 g/mol. The molecule has 0 unspecified atom stereocenters. The summed E-state index contributed by atoms with van der Waals surface area (Å²) >= 11 is 0. The van der Waals surface area contributed by atoms with Crippen molar-refractivity contribution in [3.05, 3.63) is 53.5 Å². The summed E-state index contributed by atoms with van der Waals surface area (Å²) in [6, 6.07) is 9.70. The molecule has 2 aromatic heterocycles. The molecule has 0 aliphatic heterocycles. The molecule has 2 heterocycles. The Hall–Kier alpha value is -2.36. The van der Waals surface area contributed by atoms with Gasteiger partial charge in [-0.2, -0.15) is 5.10 Å². The van der Waals surface area contributed by atoms with E-state index < -0.39 is 0 Å². The van der Waals surface area contributed by atoms with Crippen LogP contribution in [-0.4, -0.2) is 27.7 Å². The zero-order chi connectivity index (χ0) is 16.9. The first-order chi connectivity index (χ1) is 11.6. The van der Waals surface area contributed by atoms with Crippen molar-refractivity contribution in [1.82, 2.24) is 15.2 Å². The molecule has 0 saturated carbocycles. The largest absolute Gasteiger partial charge is 0.461 e. The number of aryl methyl sites for hydroxylation is 2. The summed E-state index contributed by atoms with van der Waals surface area (Å²) in [6.45, 7) is 4.65. The predicted molar refractivity (Wildman–Crippen MR) is 109 cm³/mol. The minimum absolute atomic E-state index is 0. The second-order valence-corrected chi connectivity index (χ2v) is 5.52. The van der Waals surface area contributed by atoms with Gasteiger partial charge in [-0.3, -0.25) is 10.1 Å². The van der Waals surface area contributed by atoms with Crippen molar-refractivity contribution >= 4 is 35.6 Å². The molecule has 8 heteroatoms. The molecule has 0 aliphatic carbocycles. The van der Waals surface area contributed by atoms with E-state index in [0.717, 1.165) is 11.5 Å². The second kappa shape index (κ2) is 8.65. The SMILES string of the molecule is Cc1ccc(NC(N)=NCCc2nc(-c3ccco3)n[nH]2)cc1C.I. The van der Waals surface area contributed by atoms with Crippen molar-refractivity contribution in [2.24, 2.45) is 10.7 Å². The van der Waals surface area contributed by atoms with Crippen LogP contribution in [0.25, 0.3) is 11.6 Å². The summed E-state index contributed by atoms with van der Waals surface area (Å²) in [6.07, 6.45) is 2.21. The highest BCUT2D eigenvalue weighted by Crippen LogP contribution is 2.15. The first kappa shape index (κ1) is 19.0. The van der Waals surface area contributed by atoms with Gasteiger partial charge in [0, 0.05) is 18.7 Å². The number of hydrogen-bond acceptors (Lipinski definition) is 4. The molecule has 0 spiro atoms. The van der Waals surface area contributed by atoms with Crippen LogP contribution in [0.4, 0.5) is 5.69 Å². The van der Waals surface area contributed by atoms with Crippen LogP contribution in [0.15, 0.2) is 46.0 Å². The van der Waals surface area contributed by atoms with Crippen molar-refractivity contribution in [2.45, 2.75) is 20.3 Å². The number of aliphatic imine (C=N–C) groups is 1. The Morgan fingerprint density at radius 1 is 1.28 bits per heavy atom. The number of rotatable bonds is 5. The highest BCUT2D eigenvalue weighted by Gasteiger charge is 2.07. The average molecular weight is 452 g/mol. The van der Waals surface area contributed by atoms with E-state index in [1.165, 1.54) is 11.1 Å². The van der Waals surface area contributed by atoms with E-state index in [2.05, 4.69) is 45.4 Å². The Labute approximate surface area is 163 Å². The number of hydrogen-bond donors (Lipinski definition) is 3.